The molecule has 3 aromatic carbocycles. The highest BCUT2D eigenvalue weighted by molar-refractivity contribution is 6.11. The Labute approximate surface area is 183 Å². The fourth-order valence-corrected chi connectivity index (χ4v) is 3.74. The Morgan fingerprint density at radius 1 is 0.906 bits per heavy atom. The number of methoxy groups -OCH3 is 1. The van der Waals surface area contributed by atoms with Crippen molar-refractivity contribution in [1.82, 2.24) is 0 Å². The van der Waals surface area contributed by atoms with Crippen LogP contribution in [0.2, 0.25) is 0 Å². The molecule has 0 aliphatic rings. The van der Waals surface area contributed by atoms with Crippen molar-refractivity contribution in [3.05, 3.63) is 95.4 Å². The van der Waals surface area contributed by atoms with Crippen LogP contribution in [0.25, 0.3) is 21.9 Å². The monoisotopic (exact) mass is 425 g/mol. The lowest BCUT2D eigenvalue weighted by atomic mass is 10.0. The summed E-state index contributed by atoms with van der Waals surface area (Å²) in [5, 5.41) is 4.38. The zero-order chi connectivity index (χ0) is 22.2. The molecule has 1 N–H and O–H groups in total. The topological polar surface area (TPSA) is 81.7 Å². The van der Waals surface area contributed by atoms with Crippen molar-refractivity contribution in [2.24, 2.45) is 0 Å². The molecular weight excluding hydrogens is 406 g/mol. The lowest BCUT2D eigenvalue weighted by Gasteiger charge is -2.03. The van der Waals surface area contributed by atoms with Crippen molar-refractivity contribution in [1.29, 1.82) is 0 Å². The number of amides is 1. The third-order valence-corrected chi connectivity index (χ3v) is 5.39. The molecule has 0 atom stereocenters. The van der Waals surface area contributed by atoms with E-state index < -0.39 is 0 Å². The number of carbonyl (C=O) groups excluding carboxylic acids is 2. The summed E-state index contributed by atoms with van der Waals surface area (Å²) >= 11 is 0. The van der Waals surface area contributed by atoms with Crippen molar-refractivity contribution >= 4 is 39.3 Å². The van der Waals surface area contributed by atoms with Gasteiger partial charge < -0.3 is 18.9 Å². The Morgan fingerprint density at radius 2 is 1.72 bits per heavy atom. The number of ketones is 1. The summed E-state index contributed by atoms with van der Waals surface area (Å²) in [5.74, 6) is 0.463. The Morgan fingerprint density at radius 3 is 2.50 bits per heavy atom. The van der Waals surface area contributed by atoms with Crippen molar-refractivity contribution in [2.45, 2.75) is 6.92 Å². The normalized spacial score (nSPS) is 11.1. The van der Waals surface area contributed by atoms with Gasteiger partial charge in [-0.2, -0.15) is 0 Å². The smallest absolute Gasteiger partial charge is 0.291 e. The number of rotatable bonds is 5. The van der Waals surface area contributed by atoms with Crippen LogP contribution in [-0.4, -0.2) is 18.8 Å². The summed E-state index contributed by atoms with van der Waals surface area (Å²) in [4.78, 5) is 25.6. The van der Waals surface area contributed by atoms with Crippen LogP contribution in [0.4, 0.5) is 5.69 Å². The van der Waals surface area contributed by atoms with Gasteiger partial charge in [-0.05, 0) is 37.3 Å². The SMILES string of the molecule is COc1cccc2cc(C(=O)Nc3ccc4oc(C(=O)c5ccccc5)c(C)c4c3)oc12. The van der Waals surface area contributed by atoms with E-state index in [1.165, 1.54) is 0 Å². The van der Waals surface area contributed by atoms with Crippen LogP contribution >= 0.6 is 0 Å². The summed E-state index contributed by atoms with van der Waals surface area (Å²) in [7, 11) is 1.55. The van der Waals surface area contributed by atoms with Crippen LogP contribution in [0.15, 0.2) is 81.6 Å². The largest absolute Gasteiger partial charge is 0.493 e. The van der Waals surface area contributed by atoms with Crippen LogP contribution < -0.4 is 10.1 Å². The Kier molecular flexibility index (Phi) is 4.75. The molecule has 0 aliphatic heterocycles. The molecule has 6 nitrogen and oxygen atoms in total. The molecule has 2 heterocycles. The van der Waals surface area contributed by atoms with Crippen molar-refractivity contribution < 1.29 is 23.2 Å². The Bertz CT molecular complexity index is 1480. The second kappa shape index (κ2) is 7.74. The van der Waals surface area contributed by atoms with Gasteiger partial charge in [0.1, 0.15) is 5.58 Å². The van der Waals surface area contributed by atoms with Gasteiger partial charge in [-0.25, -0.2) is 0 Å². The number of benzene rings is 3. The molecule has 0 unspecified atom stereocenters. The van der Waals surface area contributed by atoms with Crippen LogP contribution in [-0.2, 0) is 0 Å². The van der Waals surface area contributed by atoms with E-state index in [9.17, 15) is 9.59 Å². The molecule has 32 heavy (non-hydrogen) atoms. The van der Waals surface area contributed by atoms with Crippen LogP contribution in [0, 0.1) is 6.92 Å². The molecule has 0 radical (unpaired) electrons. The standard InChI is InChI=1S/C26H19NO5/c1-15-19-14-18(11-12-20(19)31-24(15)23(28)16-7-4-3-5-8-16)27-26(29)22-13-17-9-6-10-21(30-2)25(17)32-22/h3-14H,1-2H3,(H,27,29). The Hall–Kier alpha value is -4.32. The molecule has 158 valence electrons. The Balaban J connectivity index is 1.45. The number of para-hydroxylation sites is 1. The molecular formula is C26H19NO5. The maximum atomic E-state index is 12.8. The first-order chi connectivity index (χ1) is 15.5. The number of carbonyl (C=O) groups is 2. The molecule has 2 aromatic heterocycles. The number of anilines is 1. The molecule has 0 saturated heterocycles. The summed E-state index contributed by atoms with van der Waals surface area (Å²) in [6.45, 7) is 1.83. The van der Waals surface area contributed by atoms with Gasteiger partial charge in [0.25, 0.3) is 5.91 Å². The van der Waals surface area contributed by atoms with E-state index in [0.29, 0.717) is 33.9 Å². The molecule has 0 spiro atoms. The highest BCUT2D eigenvalue weighted by Gasteiger charge is 2.20. The highest BCUT2D eigenvalue weighted by Crippen LogP contribution is 2.31. The van der Waals surface area contributed by atoms with Gasteiger partial charge in [-0.15, -0.1) is 0 Å². The minimum atomic E-state index is -0.385. The summed E-state index contributed by atoms with van der Waals surface area (Å²) in [6.07, 6.45) is 0. The third-order valence-electron chi connectivity index (χ3n) is 5.39. The maximum Gasteiger partial charge on any atom is 0.291 e. The predicted molar refractivity (Wildman–Crippen MR) is 122 cm³/mol. The van der Waals surface area contributed by atoms with Gasteiger partial charge in [-0.3, -0.25) is 9.59 Å². The number of hydrogen-bond donors (Lipinski definition) is 1. The third kappa shape index (κ3) is 3.32. The fourth-order valence-electron chi connectivity index (χ4n) is 3.74. The summed E-state index contributed by atoms with van der Waals surface area (Å²) in [5.41, 5.74) is 2.94. The molecule has 0 saturated carbocycles. The van der Waals surface area contributed by atoms with Crippen LogP contribution in [0.1, 0.15) is 32.2 Å². The molecule has 5 rings (SSSR count). The first kappa shape index (κ1) is 19.6. The number of fused-ring (bicyclic) bond motifs is 2. The molecule has 5 aromatic rings. The zero-order valence-corrected chi connectivity index (χ0v) is 17.5. The number of furan rings is 2. The second-order valence-corrected chi connectivity index (χ2v) is 7.41. The number of hydrogen-bond acceptors (Lipinski definition) is 5. The van der Waals surface area contributed by atoms with Gasteiger partial charge in [-0.1, -0.05) is 42.5 Å². The predicted octanol–water partition coefficient (Wildman–Crippen LogP) is 5.98. The minimum Gasteiger partial charge on any atom is -0.493 e. The molecule has 0 fully saturated rings. The lowest BCUT2D eigenvalue weighted by molar-refractivity contribution is 0.0995. The number of aryl methyl sites for hydroxylation is 1. The quantitative estimate of drug-likeness (QED) is 0.350. The average molecular weight is 425 g/mol. The average Bonchev–Trinajstić information content (AvgIpc) is 3.40. The van der Waals surface area contributed by atoms with Gasteiger partial charge >= 0.3 is 0 Å². The first-order valence-electron chi connectivity index (χ1n) is 10.1. The number of nitrogens with one attached hydrogen (secondary N) is 1. The van der Waals surface area contributed by atoms with Gasteiger partial charge in [0.05, 0.1) is 7.11 Å². The van der Waals surface area contributed by atoms with Crippen molar-refractivity contribution in [2.75, 3.05) is 12.4 Å². The summed E-state index contributed by atoms with van der Waals surface area (Å²) < 4.78 is 16.8. The van der Waals surface area contributed by atoms with E-state index in [1.54, 1.807) is 49.6 Å². The van der Waals surface area contributed by atoms with Gasteiger partial charge in [0, 0.05) is 27.6 Å². The van der Waals surface area contributed by atoms with Crippen LogP contribution in [0.3, 0.4) is 0 Å². The first-order valence-corrected chi connectivity index (χ1v) is 10.1. The maximum absolute atomic E-state index is 12.8. The van der Waals surface area contributed by atoms with E-state index in [1.807, 2.05) is 37.3 Å². The zero-order valence-electron chi connectivity index (χ0n) is 17.5. The molecule has 0 aliphatic carbocycles. The summed E-state index contributed by atoms with van der Waals surface area (Å²) in [6, 6.07) is 21.4. The second-order valence-electron chi connectivity index (χ2n) is 7.41. The van der Waals surface area contributed by atoms with E-state index in [0.717, 1.165) is 16.3 Å². The lowest BCUT2D eigenvalue weighted by Crippen LogP contribution is -2.10. The minimum absolute atomic E-state index is 0.174. The highest BCUT2D eigenvalue weighted by atomic mass is 16.5. The molecule has 1 amide bonds. The van der Waals surface area contributed by atoms with Gasteiger partial charge in [0.15, 0.2) is 22.9 Å². The van der Waals surface area contributed by atoms with Crippen molar-refractivity contribution in [3.63, 3.8) is 0 Å². The molecule has 6 heteroatoms. The number of ether oxygens (including phenoxy) is 1. The fraction of sp³-hybridized carbons (Fsp3) is 0.0769. The molecule has 0 bridgehead atoms. The van der Waals surface area contributed by atoms with E-state index in [4.69, 9.17) is 13.6 Å². The van der Waals surface area contributed by atoms with E-state index in [2.05, 4.69) is 5.32 Å². The van der Waals surface area contributed by atoms with E-state index in [-0.39, 0.29) is 17.5 Å². The van der Waals surface area contributed by atoms with Crippen molar-refractivity contribution in [3.8, 4) is 5.75 Å². The van der Waals surface area contributed by atoms with Gasteiger partial charge in [0.2, 0.25) is 5.78 Å². The van der Waals surface area contributed by atoms with Crippen LogP contribution in [0.5, 0.6) is 5.75 Å². The van der Waals surface area contributed by atoms with E-state index >= 15 is 0 Å².